The van der Waals surface area contributed by atoms with Crippen molar-refractivity contribution >= 4 is 32.9 Å². The summed E-state index contributed by atoms with van der Waals surface area (Å²) in [5.74, 6) is 0.753. The average molecular weight is 411 g/mol. The van der Waals surface area contributed by atoms with Crippen molar-refractivity contribution in [3.05, 3.63) is 75.0 Å². The molecule has 0 bridgehead atoms. The van der Waals surface area contributed by atoms with Crippen LogP contribution in [0.5, 0.6) is 0 Å². The highest BCUT2D eigenvalue weighted by Gasteiger charge is 2.19. The van der Waals surface area contributed by atoms with Gasteiger partial charge in [0.15, 0.2) is 5.82 Å². The van der Waals surface area contributed by atoms with E-state index in [1.807, 2.05) is 29.0 Å². The minimum absolute atomic E-state index is 0.0400. The van der Waals surface area contributed by atoms with Crippen molar-refractivity contribution in [3.8, 4) is 10.4 Å². The molecule has 0 amide bonds. The molecule has 0 saturated carbocycles. The quantitative estimate of drug-likeness (QED) is 0.475. The number of quaternary nitrogens is 1. The standard InChI is InChI=1S/C22H23N3OS2/c1-14(10-11-16-7-4-3-5-8-16)23-15(2)20-24-21(26)19-17(13-28-22(19)25-20)18-9-6-12-27-18/h3-9,12-15,23H,10-11H2,1-2H3,(H,24,25,26)/p+1/t14-,15-/m1/s1. The van der Waals surface area contributed by atoms with Gasteiger partial charge in [-0.3, -0.25) is 4.79 Å². The lowest BCUT2D eigenvalue weighted by Gasteiger charge is -2.16. The van der Waals surface area contributed by atoms with Gasteiger partial charge in [0, 0.05) is 22.2 Å². The molecule has 4 nitrogen and oxygen atoms in total. The highest BCUT2D eigenvalue weighted by molar-refractivity contribution is 7.18. The van der Waals surface area contributed by atoms with Crippen molar-refractivity contribution in [3.63, 3.8) is 0 Å². The van der Waals surface area contributed by atoms with Gasteiger partial charge in [0.25, 0.3) is 5.56 Å². The molecule has 0 saturated heterocycles. The van der Waals surface area contributed by atoms with Gasteiger partial charge in [0.05, 0.1) is 11.4 Å². The van der Waals surface area contributed by atoms with Crippen LogP contribution in [0.2, 0.25) is 0 Å². The Hall–Kier alpha value is -2.28. The molecule has 0 unspecified atom stereocenters. The van der Waals surface area contributed by atoms with E-state index in [1.54, 1.807) is 22.7 Å². The van der Waals surface area contributed by atoms with E-state index in [0.717, 1.165) is 33.9 Å². The number of benzene rings is 1. The van der Waals surface area contributed by atoms with Crippen LogP contribution in [0, 0.1) is 0 Å². The third-order valence-corrected chi connectivity index (χ3v) is 6.80. The normalized spacial score (nSPS) is 13.6. The zero-order valence-electron chi connectivity index (χ0n) is 16.0. The molecule has 0 aliphatic heterocycles. The zero-order chi connectivity index (χ0) is 19.5. The number of nitrogens with one attached hydrogen (secondary N) is 1. The predicted octanol–water partition coefficient (Wildman–Crippen LogP) is 4.36. The Morgan fingerprint density at radius 3 is 2.68 bits per heavy atom. The molecule has 2 atom stereocenters. The number of nitrogens with zero attached hydrogens (tertiary/aromatic N) is 1. The Balaban J connectivity index is 1.48. The fraction of sp³-hybridized carbons (Fsp3) is 0.273. The molecule has 6 heteroatoms. The van der Waals surface area contributed by atoms with E-state index >= 15 is 0 Å². The first kappa shape index (κ1) is 19.1. The molecule has 28 heavy (non-hydrogen) atoms. The van der Waals surface area contributed by atoms with Crippen LogP contribution in [0.3, 0.4) is 0 Å². The summed E-state index contributed by atoms with van der Waals surface area (Å²) < 4.78 is 0. The van der Waals surface area contributed by atoms with E-state index in [-0.39, 0.29) is 11.6 Å². The minimum atomic E-state index is -0.0400. The van der Waals surface area contributed by atoms with Crippen LogP contribution in [-0.2, 0) is 6.42 Å². The van der Waals surface area contributed by atoms with Crippen molar-refractivity contribution in [2.24, 2.45) is 0 Å². The van der Waals surface area contributed by atoms with E-state index in [0.29, 0.717) is 11.4 Å². The number of aromatic amines is 1. The van der Waals surface area contributed by atoms with Crippen LogP contribution in [0.15, 0.2) is 58.0 Å². The third kappa shape index (κ3) is 4.09. The van der Waals surface area contributed by atoms with Crippen LogP contribution >= 0.6 is 22.7 Å². The number of nitrogens with two attached hydrogens (primary N) is 1. The number of aryl methyl sites for hydroxylation is 1. The van der Waals surface area contributed by atoms with Gasteiger partial charge >= 0.3 is 0 Å². The van der Waals surface area contributed by atoms with Gasteiger partial charge in [-0.05, 0) is 37.3 Å². The molecule has 0 radical (unpaired) electrons. The van der Waals surface area contributed by atoms with Crippen LogP contribution in [0.25, 0.3) is 20.7 Å². The zero-order valence-corrected chi connectivity index (χ0v) is 17.6. The van der Waals surface area contributed by atoms with E-state index < -0.39 is 0 Å². The number of hydrogen-bond acceptors (Lipinski definition) is 4. The molecule has 144 valence electrons. The average Bonchev–Trinajstić information content (AvgIpc) is 3.36. The second kappa shape index (κ2) is 8.39. The Bertz CT molecular complexity index is 1100. The minimum Gasteiger partial charge on any atom is -0.336 e. The van der Waals surface area contributed by atoms with Crippen molar-refractivity contribution < 1.29 is 5.32 Å². The van der Waals surface area contributed by atoms with Gasteiger partial charge in [0.1, 0.15) is 10.9 Å². The molecule has 3 N–H and O–H groups in total. The molecule has 3 heterocycles. The fourth-order valence-electron chi connectivity index (χ4n) is 3.51. The number of fused-ring (bicyclic) bond motifs is 1. The maximum Gasteiger partial charge on any atom is 0.260 e. The number of hydrogen-bond donors (Lipinski definition) is 2. The van der Waals surface area contributed by atoms with Crippen LogP contribution in [0.1, 0.15) is 37.7 Å². The second-order valence-electron chi connectivity index (χ2n) is 7.24. The maximum absolute atomic E-state index is 12.8. The first-order chi connectivity index (χ1) is 13.6. The lowest BCUT2D eigenvalue weighted by atomic mass is 10.1. The highest BCUT2D eigenvalue weighted by atomic mass is 32.1. The summed E-state index contributed by atoms with van der Waals surface area (Å²) in [6, 6.07) is 15.2. The molecular formula is C22H24N3OS2+. The molecule has 0 aliphatic rings. The van der Waals surface area contributed by atoms with Gasteiger partial charge in [-0.25, -0.2) is 4.98 Å². The first-order valence-corrected chi connectivity index (χ1v) is 11.3. The van der Waals surface area contributed by atoms with Crippen LogP contribution < -0.4 is 10.9 Å². The largest absolute Gasteiger partial charge is 0.336 e. The summed E-state index contributed by atoms with van der Waals surface area (Å²) in [7, 11) is 0. The van der Waals surface area contributed by atoms with Crippen molar-refractivity contribution in [1.29, 1.82) is 0 Å². The summed E-state index contributed by atoms with van der Waals surface area (Å²) in [6.07, 6.45) is 2.14. The molecule has 3 aromatic heterocycles. The number of aromatic nitrogens is 2. The Labute approximate surface area is 172 Å². The molecule has 4 rings (SSSR count). The van der Waals surface area contributed by atoms with Gasteiger partial charge in [-0.15, -0.1) is 22.7 Å². The van der Waals surface area contributed by atoms with E-state index in [9.17, 15) is 4.79 Å². The van der Waals surface area contributed by atoms with Crippen molar-refractivity contribution in [2.45, 2.75) is 38.8 Å². The first-order valence-electron chi connectivity index (χ1n) is 9.56. The smallest absolute Gasteiger partial charge is 0.260 e. The summed E-state index contributed by atoms with van der Waals surface area (Å²) in [5.41, 5.74) is 2.31. The molecular weight excluding hydrogens is 386 g/mol. The van der Waals surface area contributed by atoms with Crippen molar-refractivity contribution in [2.75, 3.05) is 0 Å². The highest BCUT2D eigenvalue weighted by Crippen LogP contribution is 2.33. The van der Waals surface area contributed by atoms with Gasteiger partial charge in [-0.1, -0.05) is 36.4 Å². The van der Waals surface area contributed by atoms with Gasteiger partial charge < -0.3 is 10.3 Å². The Morgan fingerprint density at radius 1 is 1.11 bits per heavy atom. The topological polar surface area (TPSA) is 62.4 Å². The number of H-pyrrole nitrogens is 1. The molecule has 0 spiro atoms. The lowest BCUT2D eigenvalue weighted by Crippen LogP contribution is -2.89. The van der Waals surface area contributed by atoms with Gasteiger partial charge in [-0.2, -0.15) is 0 Å². The predicted molar refractivity (Wildman–Crippen MR) is 118 cm³/mol. The molecule has 4 aromatic rings. The monoisotopic (exact) mass is 410 g/mol. The van der Waals surface area contributed by atoms with Gasteiger partial charge in [0.2, 0.25) is 0 Å². The van der Waals surface area contributed by atoms with Crippen LogP contribution in [0.4, 0.5) is 0 Å². The summed E-state index contributed by atoms with van der Waals surface area (Å²) >= 11 is 3.19. The third-order valence-electron chi connectivity index (χ3n) is 5.03. The molecule has 0 fully saturated rings. The summed E-state index contributed by atoms with van der Waals surface area (Å²) in [6.45, 7) is 4.34. The maximum atomic E-state index is 12.8. The Kier molecular flexibility index (Phi) is 5.71. The van der Waals surface area contributed by atoms with E-state index in [4.69, 9.17) is 4.98 Å². The van der Waals surface area contributed by atoms with E-state index in [1.165, 1.54) is 5.56 Å². The van der Waals surface area contributed by atoms with Crippen LogP contribution in [-0.4, -0.2) is 16.0 Å². The summed E-state index contributed by atoms with van der Waals surface area (Å²) in [5, 5.41) is 7.07. The molecule has 0 aliphatic carbocycles. The summed E-state index contributed by atoms with van der Waals surface area (Å²) in [4.78, 5) is 22.5. The lowest BCUT2D eigenvalue weighted by molar-refractivity contribution is -0.723. The molecule has 1 aromatic carbocycles. The fourth-order valence-corrected chi connectivity index (χ4v) is 5.28. The number of thiophene rings is 2. The number of rotatable bonds is 7. The van der Waals surface area contributed by atoms with Crippen molar-refractivity contribution in [1.82, 2.24) is 9.97 Å². The Morgan fingerprint density at radius 2 is 1.93 bits per heavy atom. The second-order valence-corrected chi connectivity index (χ2v) is 9.05. The van der Waals surface area contributed by atoms with E-state index in [2.05, 4.69) is 48.4 Å². The SMILES string of the molecule is C[C@H](CCc1ccccc1)[NH2+][C@H](C)c1nc2scc(-c3cccs3)c2c(=O)[nH]1.